The van der Waals surface area contributed by atoms with Gasteiger partial charge in [-0.15, -0.1) is 11.3 Å². The van der Waals surface area contributed by atoms with Crippen molar-refractivity contribution in [1.82, 2.24) is 20.5 Å². The summed E-state index contributed by atoms with van der Waals surface area (Å²) in [4.78, 5) is 34.6. The Bertz CT molecular complexity index is 1670. The Morgan fingerprint density at radius 1 is 1.06 bits per heavy atom. The molecule has 3 heterocycles. The van der Waals surface area contributed by atoms with Crippen LogP contribution in [0.5, 0.6) is 11.5 Å². The van der Waals surface area contributed by atoms with Gasteiger partial charge in [-0.2, -0.15) is 0 Å². The van der Waals surface area contributed by atoms with Gasteiger partial charge in [0.25, 0.3) is 0 Å². The van der Waals surface area contributed by atoms with E-state index in [9.17, 15) is 9.59 Å². The minimum atomic E-state index is -0.673. The van der Waals surface area contributed by atoms with Crippen LogP contribution in [-0.2, 0) is 27.2 Å². The van der Waals surface area contributed by atoms with Gasteiger partial charge in [-0.3, -0.25) is 10.3 Å². The van der Waals surface area contributed by atoms with Gasteiger partial charge in [0.15, 0.2) is 11.5 Å². The van der Waals surface area contributed by atoms with E-state index in [1.165, 1.54) is 11.3 Å². The van der Waals surface area contributed by atoms with Gasteiger partial charge in [-0.05, 0) is 60.5 Å². The van der Waals surface area contributed by atoms with Crippen LogP contribution in [0, 0.1) is 6.92 Å². The van der Waals surface area contributed by atoms with E-state index in [0.29, 0.717) is 34.4 Å². The number of rotatable bonds is 14. The molecule has 48 heavy (non-hydrogen) atoms. The first-order valence-electron chi connectivity index (χ1n) is 15.7. The maximum atomic E-state index is 13.6. The number of pyridine rings is 1. The lowest BCUT2D eigenvalue weighted by Gasteiger charge is -2.30. The van der Waals surface area contributed by atoms with Gasteiger partial charge in [-0.1, -0.05) is 48.0 Å². The molecule has 1 aliphatic heterocycles. The summed E-state index contributed by atoms with van der Waals surface area (Å²) in [6.45, 7) is 5.19. The lowest BCUT2D eigenvalue weighted by Crippen LogP contribution is -2.51. The molecule has 12 heteroatoms. The van der Waals surface area contributed by atoms with Crippen molar-refractivity contribution in [3.63, 3.8) is 0 Å². The number of aryl methyl sites for hydroxylation is 1. The zero-order valence-electron chi connectivity index (χ0n) is 27.5. The molecule has 0 amide bonds. The molecule has 2 aromatic carbocycles. The maximum Gasteiger partial charge on any atom is 0.348 e. The lowest BCUT2D eigenvalue weighted by molar-refractivity contribution is -0.147. The number of carbonyl (C=O) groups excluding carboxylic acids is 2. The number of nitrogens with zero attached hydrogens (tertiary/aromatic N) is 2. The van der Waals surface area contributed by atoms with Crippen LogP contribution in [0.3, 0.4) is 0 Å². The second kappa shape index (κ2) is 16.9. The third-order valence-corrected chi connectivity index (χ3v) is 9.63. The normalized spacial score (nSPS) is 16.1. The van der Waals surface area contributed by atoms with E-state index in [0.717, 1.165) is 46.8 Å². The summed E-state index contributed by atoms with van der Waals surface area (Å²) in [7, 11) is 5.18. The van der Waals surface area contributed by atoms with E-state index in [1.807, 2.05) is 49.4 Å². The monoisotopic (exact) mass is 692 g/mol. The highest BCUT2D eigenvalue weighted by molar-refractivity contribution is 7.13. The first-order valence-corrected chi connectivity index (χ1v) is 16.9. The number of likely N-dealkylation sites (N-methyl/N-ethyl adjacent to an activating group) is 1. The Morgan fingerprint density at radius 2 is 1.85 bits per heavy atom. The molecule has 0 aliphatic carbocycles. The third kappa shape index (κ3) is 9.12. The summed E-state index contributed by atoms with van der Waals surface area (Å²) < 4.78 is 22.8. The second-order valence-electron chi connectivity index (χ2n) is 11.7. The SMILES string of the molecule is COc1ccc([C@H](Cc2c(C)cncc2Cl)OC(=O)c2ccc(CNC(C(=O)OC[C@@H]3CN(C)CCN3)c3ccccc3)s2)cc1OC. The van der Waals surface area contributed by atoms with Crippen molar-refractivity contribution in [2.75, 3.05) is 47.5 Å². The Labute approximate surface area is 290 Å². The van der Waals surface area contributed by atoms with Gasteiger partial charge >= 0.3 is 11.9 Å². The van der Waals surface area contributed by atoms with E-state index in [1.54, 1.807) is 44.8 Å². The summed E-state index contributed by atoms with van der Waals surface area (Å²) in [6, 6.07) is 17.9. The fraction of sp³-hybridized carbons (Fsp3) is 0.361. The Morgan fingerprint density at radius 3 is 2.58 bits per heavy atom. The van der Waals surface area contributed by atoms with Crippen LogP contribution in [0.15, 0.2) is 73.1 Å². The minimum Gasteiger partial charge on any atom is -0.493 e. The molecule has 2 N–H and O–H groups in total. The fourth-order valence-electron chi connectivity index (χ4n) is 5.61. The summed E-state index contributed by atoms with van der Waals surface area (Å²) in [5, 5.41) is 7.24. The van der Waals surface area contributed by atoms with Crippen molar-refractivity contribution in [3.8, 4) is 11.5 Å². The van der Waals surface area contributed by atoms with E-state index in [-0.39, 0.29) is 18.6 Å². The number of aromatic nitrogens is 1. The van der Waals surface area contributed by atoms with Crippen molar-refractivity contribution in [2.24, 2.45) is 0 Å². The zero-order chi connectivity index (χ0) is 34.0. The zero-order valence-corrected chi connectivity index (χ0v) is 29.1. The molecule has 1 saturated heterocycles. The number of esters is 2. The molecule has 1 fully saturated rings. The van der Waals surface area contributed by atoms with Crippen LogP contribution in [0.4, 0.5) is 0 Å². The van der Waals surface area contributed by atoms with Gasteiger partial charge in [0.05, 0.1) is 25.3 Å². The molecular weight excluding hydrogens is 652 g/mol. The molecule has 1 unspecified atom stereocenters. The van der Waals surface area contributed by atoms with Crippen molar-refractivity contribution in [3.05, 3.63) is 110 Å². The molecule has 3 atom stereocenters. The molecule has 5 rings (SSSR count). The number of halogens is 1. The van der Waals surface area contributed by atoms with Crippen LogP contribution < -0.4 is 20.1 Å². The number of hydrogen-bond acceptors (Lipinski definition) is 11. The molecule has 10 nitrogen and oxygen atoms in total. The number of piperazine rings is 1. The first kappa shape index (κ1) is 35.3. The molecule has 2 aromatic heterocycles. The molecule has 254 valence electrons. The van der Waals surface area contributed by atoms with Gasteiger partial charge < -0.3 is 29.2 Å². The summed E-state index contributed by atoms with van der Waals surface area (Å²) in [5.41, 5.74) is 3.25. The Balaban J connectivity index is 1.29. The van der Waals surface area contributed by atoms with Crippen LogP contribution in [0.2, 0.25) is 5.02 Å². The number of carbonyl (C=O) groups is 2. The molecule has 0 saturated carbocycles. The fourth-order valence-corrected chi connectivity index (χ4v) is 6.73. The van der Waals surface area contributed by atoms with Crippen LogP contribution in [0.25, 0.3) is 0 Å². The second-order valence-corrected chi connectivity index (χ2v) is 13.2. The number of hydrogen-bond donors (Lipinski definition) is 2. The molecule has 0 spiro atoms. The van der Waals surface area contributed by atoms with E-state index >= 15 is 0 Å². The smallest absolute Gasteiger partial charge is 0.348 e. The number of benzene rings is 2. The third-order valence-electron chi connectivity index (χ3n) is 8.24. The predicted molar refractivity (Wildman–Crippen MR) is 186 cm³/mol. The highest BCUT2D eigenvalue weighted by Gasteiger charge is 2.26. The van der Waals surface area contributed by atoms with Crippen molar-refractivity contribution >= 4 is 34.9 Å². The topological polar surface area (TPSA) is 111 Å². The molecule has 1 aliphatic rings. The average molecular weight is 693 g/mol. The first-order chi connectivity index (χ1) is 23.2. The van der Waals surface area contributed by atoms with E-state index in [2.05, 4.69) is 27.6 Å². The van der Waals surface area contributed by atoms with Gasteiger partial charge in [0, 0.05) is 49.9 Å². The van der Waals surface area contributed by atoms with Crippen LogP contribution in [-0.4, -0.2) is 75.4 Å². The number of ether oxygens (including phenoxy) is 4. The Kier molecular flexibility index (Phi) is 12.4. The number of nitrogens with one attached hydrogen (secondary N) is 2. The van der Waals surface area contributed by atoms with Crippen molar-refractivity contribution in [1.29, 1.82) is 0 Å². The largest absolute Gasteiger partial charge is 0.493 e. The average Bonchev–Trinajstić information content (AvgIpc) is 3.58. The molecule has 0 radical (unpaired) electrons. The number of thiophene rings is 1. The molecular formula is C36H41ClN4O6S. The predicted octanol–water partition coefficient (Wildman–Crippen LogP) is 5.54. The highest BCUT2D eigenvalue weighted by atomic mass is 35.5. The van der Waals surface area contributed by atoms with E-state index in [4.69, 9.17) is 30.5 Å². The summed E-state index contributed by atoms with van der Waals surface area (Å²) >= 11 is 7.83. The summed E-state index contributed by atoms with van der Waals surface area (Å²) in [6.07, 6.45) is 2.98. The minimum absolute atomic E-state index is 0.0799. The molecule has 4 aromatic rings. The van der Waals surface area contributed by atoms with Gasteiger partial charge in [0.2, 0.25) is 0 Å². The number of methoxy groups -OCH3 is 2. The van der Waals surface area contributed by atoms with Gasteiger partial charge in [-0.25, -0.2) is 9.59 Å². The quantitative estimate of drug-likeness (QED) is 0.164. The van der Waals surface area contributed by atoms with Crippen molar-refractivity contribution < 1.29 is 28.5 Å². The van der Waals surface area contributed by atoms with E-state index < -0.39 is 18.1 Å². The highest BCUT2D eigenvalue weighted by Crippen LogP contribution is 2.35. The Hall–Kier alpha value is -4.00. The van der Waals surface area contributed by atoms with Crippen molar-refractivity contribution in [2.45, 2.75) is 38.1 Å². The standard InChI is InChI=1S/C36H41ClN4O6S/c1-23-18-38-20-29(37)28(23)17-31(25-10-12-30(44-3)32(16-25)45-4)47-35(42)33-13-11-27(48-33)19-40-34(24-8-6-5-7-9-24)36(43)46-22-26-21-41(2)15-14-39-26/h5-13,16,18,20,26,31,34,39-40H,14-15,17,19,21-22H2,1-4H3/t26-,31-,34?/m0/s1. The molecule has 0 bridgehead atoms. The maximum absolute atomic E-state index is 13.6. The van der Waals surface area contributed by atoms with Crippen LogP contribution in [0.1, 0.15) is 48.9 Å². The van der Waals surface area contributed by atoms with Gasteiger partial charge in [0.1, 0.15) is 23.6 Å². The lowest BCUT2D eigenvalue weighted by atomic mass is 9.98. The van der Waals surface area contributed by atoms with Crippen LogP contribution >= 0.6 is 22.9 Å². The summed E-state index contributed by atoms with van der Waals surface area (Å²) in [5.74, 6) is 0.260.